The van der Waals surface area contributed by atoms with Crippen LogP contribution in [-0.2, 0) is 17.9 Å². The Morgan fingerprint density at radius 1 is 1.33 bits per heavy atom. The highest BCUT2D eigenvalue weighted by Crippen LogP contribution is 2.27. The molecule has 1 aliphatic rings. The maximum absolute atomic E-state index is 13.7. The first-order valence-electron chi connectivity index (χ1n) is 10.0. The lowest BCUT2D eigenvalue weighted by Crippen LogP contribution is -2.36. The average molecular weight is 415 g/mol. The maximum atomic E-state index is 13.7. The Bertz CT molecular complexity index is 928. The van der Waals surface area contributed by atoms with E-state index in [1.54, 1.807) is 23.7 Å². The van der Waals surface area contributed by atoms with Gasteiger partial charge in [-0.25, -0.2) is 14.9 Å². The highest BCUT2D eigenvalue weighted by Gasteiger charge is 2.20. The number of carbonyl (C=O) groups is 1. The van der Waals surface area contributed by atoms with Gasteiger partial charge in [-0.2, -0.15) is 0 Å². The molecule has 0 atom stereocenters. The van der Waals surface area contributed by atoms with E-state index in [0.717, 1.165) is 28.4 Å². The van der Waals surface area contributed by atoms with Gasteiger partial charge in [0.05, 0.1) is 11.4 Å². The van der Waals surface area contributed by atoms with E-state index in [2.05, 4.69) is 37.6 Å². The van der Waals surface area contributed by atoms with Crippen molar-refractivity contribution in [1.82, 2.24) is 20.3 Å². The van der Waals surface area contributed by atoms with Crippen LogP contribution in [0.4, 0.5) is 4.39 Å². The fourth-order valence-corrected chi connectivity index (χ4v) is 3.03. The SMILES string of the molecule is CCn1c(/C=C(C)/C=C/C(=O)NO)nc(C2=CC=C(F)C=CC2)c1CNC(C)(C)C. The van der Waals surface area contributed by atoms with Crippen LogP contribution in [0.15, 0.2) is 47.9 Å². The molecule has 2 rings (SSSR count). The molecule has 6 nitrogen and oxygen atoms in total. The number of imidazole rings is 1. The lowest BCUT2D eigenvalue weighted by molar-refractivity contribution is -0.124. The van der Waals surface area contributed by atoms with Crippen LogP contribution in [0.1, 0.15) is 58.3 Å². The minimum absolute atomic E-state index is 0.0732. The van der Waals surface area contributed by atoms with Crippen LogP contribution in [0.5, 0.6) is 0 Å². The van der Waals surface area contributed by atoms with Crippen molar-refractivity contribution < 1.29 is 14.4 Å². The molecule has 0 spiro atoms. The fraction of sp³-hybridized carbons (Fsp3) is 0.391. The topological polar surface area (TPSA) is 79.2 Å². The Hall–Kier alpha value is -2.77. The molecule has 1 aromatic heterocycles. The Morgan fingerprint density at radius 3 is 2.70 bits per heavy atom. The predicted octanol–water partition coefficient (Wildman–Crippen LogP) is 4.45. The lowest BCUT2D eigenvalue weighted by atomic mass is 10.1. The van der Waals surface area contributed by atoms with Crippen LogP contribution in [0.25, 0.3) is 11.6 Å². The summed E-state index contributed by atoms with van der Waals surface area (Å²) in [5.74, 6) is -0.123. The number of aromatic nitrogens is 2. The summed E-state index contributed by atoms with van der Waals surface area (Å²) in [6.07, 6.45) is 11.8. The fourth-order valence-electron chi connectivity index (χ4n) is 3.03. The summed E-state index contributed by atoms with van der Waals surface area (Å²) in [7, 11) is 0. The van der Waals surface area contributed by atoms with Gasteiger partial charge in [-0.05, 0) is 70.4 Å². The largest absolute Gasteiger partial charge is 0.327 e. The zero-order valence-electron chi connectivity index (χ0n) is 18.3. The van der Waals surface area contributed by atoms with E-state index in [-0.39, 0.29) is 11.4 Å². The Labute approximate surface area is 177 Å². The number of nitrogens with zero attached hydrogens (tertiary/aromatic N) is 2. The van der Waals surface area contributed by atoms with Gasteiger partial charge in [0, 0.05) is 24.7 Å². The van der Waals surface area contributed by atoms with Gasteiger partial charge in [0.1, 0.15) is 11.7 Å². The average Bonchev–Trinajstić information content (AvgIpc) is 2.87. The summed E-state index contributed by atoms with van der Waals surface area (Å²) in [6.45, 7) is 11.5. The van der Waals surface area contributed by atoms with Gasteiger partial charge in [0.15, 0.2) is 0 Å². The summed E-state index contributed by atoms with van der Waals surface area (Å²) < 4.78 is 15.8. The quantitative estimate of drug-likeness (QED) is 0.267. The molecule has 1 heterocycles. The van der Waals surface area contributed by atoms with Gasteiger partial charge >= 0.3 is 0 Å². The van der Waals surface area contributed by atoms with Crippen LogP contribution in [-0.4, -0.2) is 26.2 Å². The van der Waals surface area contributed by atoms with Gasteiger partial charge < -0.3 is 9.88 Å². The molecule has 0 aromatic carbocycles. The highest BCUT2D eigenvalue weighted by atomic mass is 19.1. The third-order valence-corrected chi connectivity index (χ3v) is 4.53. The zero-order chi connectivity index (χ0) is 22.3. The van der Waals surface area contributed by atoms with Crippen molar-refractivity contribution in [3.05, 3.63) is 65.1 Å². The van der Waals surface area contributed by atoms with Crippen molar-refractivity contribution in [3.63, 3.8) is 0 Å². The van der Waals surface area contributed by atoms with Gasteiger partial charge in [0.2, 0.25) is 0 Å². The number of carbonyl (C=O) groups excluding carboxylic acids is 1. The molecule has 7 heteroatoms. The predicted molar refractivity (Wildman–Crippen MR) is 118 cm³/mol. The van der Waals surface area contributed by atoms with Crippen LogP contribution in [0.3, 0.4) is 0 Å². The highest BCUT2D eigenvalue weighted by molar-refractivity contribution is 5.87. The molecular weight excluding hydrogens is 383 g/mol. The summed E-state index contributed by atoms with van der Waals surface area (Å²) in [5.41, 5.74) is 5.11. The summed E-state index contributed by atoms with van der Waals surface area (Å²) in [4.78, 5) is 16.1. The van der Waals surface area contributed by atoms with Crippen LogP contribution in [0.2, 0.25) is 0 Å². The van der Waals surface area contributed by atoms with Gasteiger partial charge in [-0.3, -0.25) is 10.0 Å². The first-order chi connectivity index (χ1) is 14.1. The van der Waals surface area contributed by atoms with Gasteiger partial charge in [0.25, 0.3) is 5.91 Å². The monoisotopic (exact) mass is 414 g/mol. The van der Waals surface area contributed by atoms with E-state index in [1.807, 2.05) is 13.0 Å². The molecule has 30 heavy (non-hydrogen) atoms. The van der Waals surface area contributed by atoms with Crippen LogP contribution >= 0.6 is 0 Å². The van der Waals surface area contributed by atoms with Crippen molar-refractivity contribution in [2.75, 3.05) is 0 Å². The third-order valence-electron chi connectivity index (χ3n) is 4.53. The number of hydroxylamine groups is 1. The van der Waals surface area contributed by atoms with Crippen molar-refractivity contribution >= 4 is 17.6 Å². The number of hydrogen-bond donors (Lipinski definition) is 3. The second kappa shape index (κ2) is 10.3. The number of rotatable bonds is 7. The molecular formula is C23H31FN4O2. The maximum Gasteiger partial charge on any atom is 0.267 e. The molecule has 0 fully saturated rings. The smallest absolute Gasteiger partial charge is 0.267 e. The second-order valence-corrected chi connectivity index (χ2v) is 8.16. The van der Waals surface area contributed by atoms with E-state index in [9.17, 15) is 9.18 Å². The molecule has 1 aromatic rings. The molecule has 0 aliphatic heterocycles. The zero-order valence-corrected chi connectivity index (χ0v) is 18.3. The standard InChI is InChI=1S/C23H31FN4O2/c1-6-28-19(15-25-23(3,4)5)22(17-8-7-9-18(24)12-11-17)26-20(28)14-16(2)10-13-21(29)27-30/h7,9-14,25,30H,6,8,15H2,1-5H3,(H,27,29)/b13-10+,16-14+. The van der Waals surface area contributed by atoms with Gasteiger partial charge in [-0.15, -0.1) is 0 Å². The molecule has 1 aliphatic carbocycles. The number of amides is 1. The molecule has 0 saturated heterocycles. The third kappa shape index (κ3) is 6.64. The second-order valence-electron chi connectivity index (χ2n) is 8.16. The number of allylic oxidation sites excluding steroid dienone is 8. The Balaban J connectivity index is 2.53. The summed E-state index contributed by atoms with van der Waals surface area (Å²) in [5, 5.41) is 12.2. The molecule has 0 saturated carbocycles. The number of hydrogen-bond acceptors (Lipinski definition) is 4. The van der Waals surface area contributed by atoms with Crippen molar-refractivity contribution in [3.8, 4) is 0 Å². The van der Waals surface area contributed by atoms with E-state index in [1.165, 1.54) is 18.2 Å². The first-order valence-corrected chi connectivity index (χ1v) is 10.0. The Morgan fingerprint density at radius 2 is 2.07 bits per heavy atom. The number of halogens is 1. The summed E-state index contributed by atoms with van der Waals surface area (Å²) >= 11 is 0. The lowest BCUT2D eigenvalue weighted by Gasteiger charge is -2.22. The molecule has 3 N–H and O–H groups in total. The summed E-state index contributed by atoms with van der Waals surface area (Å²) in [6, 6.07) is 0. The minimum atomic E-state index is -0.596. The number of nitrogens with one attached hydrogen (secondary N) is 2. The molecule has 0 radical (unpaired) electrons. The first kappa shape index (κ1) is 23.5. The van der Waals surface area contributed by atoms with Crippen LogP contribution in [0, 0.1) is 0 Å². The molecule has 1 amide bonds. The Kier molecular flexibility index (Phi) is 8.08. The van der Waals surface area contributed by atoms with Crippen molar-refractivity contribution in [2.45, 2.75) is 59.7 Å². The molecule has 0 bridgehead atoms. The van der Waals surface area contributed by atoms with Gasteiger partial charge in [-0.1, -0.05) is 18.2 Å². The van der Waals surface area contributed by atoms with Crippen molar-refractivity contribution in [2.24, 2.45) is 0 Å². The molecule has 0 unspecified atom stereocenters. The van der Waals surface area contributed by atoms with E-state index >= 15 is 0 Å². The van der Waals surface area contributed by atoms with E-state index in [4.69, 9.17) is 10.2 Å². The van der Waals surface area contributed by atoms with E-state index < -0.39 is 5.91 Å². The van der Waals surface area contributed by atoms with Crippen molar-refractivity contribution in [1.29, 1.82) is 0 Å². The van der Waals surface area contributed by atoms with E-state index in [0.29, 0.717) is 19.5 Å². The normalized spacial score (nSPS) is 15.2. The molecule has 162 valence electrons. The minimum Gasteiger partial charge on any atom is -0.327 e. The van der Waals surface area contributed by atoms with Crippen LogP contribution < -0.4 is 10.8 Å².